The number of carbonyl (C=O) groups excluding carboxylic acids is 3. The quantitative estimate of drug-likeness (QED) is 0.356. The Morgan fingerprint density at radius 1 is 1.15 bits per heavy atom. The summed E-state index contributed by atoms with van der Waals surface area (Å²) in [4.78, 5) is 37.7. The molecule has 0 saturated heterocycles. The molecular weight excluding hydrogens is 522 g/mol. The van der Waals surface area contributed by atoms with E-state index in [2.05, 4.69) is 42.1 Å². The van der Waals surface area contributed by atoms with E-state index in [1.54, 1.807) is 7.11 Å². The lowest BCUT2D eigenvalue weighted by Gasteiger charge is -2.32. The number of aromatic nitrogens is 2. The Morgan fingerprint density at radius 3 is 2.41 bits per heavy atom. The fraction of sp³-hybridized carbons (Fsp3) is 0.304. The van der Waals surface area contributed by atoms with Crippen LogP contribution in [0.25, 0.3) is 0 Å². The lowest BCUT2D eigenvalue weighted by Crippen LogP contribution is -2.36. The number of nitrogens with one attached hydrogen (secondary N) is 4. The highest BCUT2D eigenvalue weighted by Crippen LogP contribution is 2.37. The SMILES string of the molecule is COCc1csc(C(=O)NC2CCC(NC(=O)c3[nH]nc(NC(C)=O)c3Br)c3ccccc32)c1. The van der Waals surface area contributed by atoms with Gasteiger partial charge in [-0.3, -0.25) is 19.5 Å². The summed E-state index contributed by atoms with van der Waals surface area (Å²) in [6.45, 7) is 1.84. The lowest BCUT2D eigenvalue weighted by molar-refractivity contribution is -0.114. The van der Waals surface area contributed by atoms with E-state index in [0.29, 0.717) is 28.8 Å². The number of H-pyrrole nitrogens is 1. The van der Waals surface area contributed by atoms with E-state index < -0.39 is 0 Å². The molecule has 1 aliphatic carbocycles. The van der Waals surface area contributed by atoms with E-state index in [9.17, 15) is 14.4 Å². The van der Waals surface area contributed by atoms with Crippen LogP contribution in [-0.4, -0.2) is 35.0 Å². The molecule has 0 aliphatic heterocycles. The van der Waals surface area contributed by atoms with Crippen molar-refractivity contribution in [3.63, 3.8) is 0 Å². The molecule has 2 atom stereocenters. The zero-order chi connectivity index (χ0) is 24.2. The maximum absolute atomic E-state index is 12.9. The number of fused-ring (bicyclic) bond motifs is 1. The number of amides is 3. The van der Waals surface area contributed by atoms with Gasteiger partial charge in [-0.2, -0.15) is 5.10 Å². The van der Waals surface area contributed by atoms with Crippen molar-refractivity contribution in [1.29, 1.82) is 0 Å². The zero-order valence-corrected chi connectivity index (χ0v) is 21.0. The van der Waals surface area contributed by atoms with Crippen molar-refractivity contribution in [1.82, 2.24) is 20.8 Å². The number of halogens is 1. The second kappa shape index (κ2) is 10.5. The van der Waals surface area contributed by atoms with Gasteiger partial charge in [0.2, 0.25) is 5.91 Å². The van der Waals surface area contributed by atoms with Crippen LogP contribution in [0.5, 0.6) is 0 Å². The summed E-state index contributed by atoms with van der Waals surface area (Å²) in [6.07, 6.45) is 1.32. The minimum atomic E-state index is -0.345. The van der Waals surface area contributed by atoms with Crippen molar-refractivity contribution >= 4 is 50.8 Å². The van der Waals surface area contributed by atoms with Crippen molar-refractivity contribution in [2.75, 3.05) is 12.4 Å². The lowest BCUT2D eigenvalue weighted by atomic mass is 9.84. The Kier molecular flexibility index (Phi) is 7.44. The second-order valence-electron chi connectivity index (χ2n) is 7.95. The first kappa shape index (κ1) is 24.1. The monoisotopic (exact) mass is 545 g/mol. The molecule has 34 heavy (non-hydrogen) atoms. The number of nitrogens with zero attached hydrogens (tertiary/aromatic N) is 1. The predicted octanol–water partition coefficient (Wildman–Crippen LogP) is 4.07. The second-order valence-corrected chi connectivity index (χ2v) is 9.66. The van der Waals surface area contributed by atoms with Crippen LogP contribution in [0.2, 0.25) is 0 Å². The third-order valence-corrected chi connectivity index (χ3v) is 7.27. The van der Waals surface area contributed by atoms with Gasteiger partial charge in [0.05, 0.1) is 28.0 Å². The number of ether oxygens (including phenoxy) is 1. The topological polar surface area (TPSA) is 125 Å². The molecule has 0 bridgehead atoms. The molecule has 4 rings (SSSR count). The van der Waals surface area contributed by atoms with Crippen molar-refractivity contribution in [2.24, 2.45) is 0 Å². The molecule has 0 radical (unpaired) electrons. The van der Waals surface area contributed by atoms with E-state index in [-0.39, 0.29) is 41.3 Å². The van der Waals surface area contributed by atoms with Gasteiger partial charge in [-0.1, -0.05) is 24.3 Å². The highest BCUT2D eigenvalue weighted by atomic mass is 79.9. The summed E-state index contributed by atoms with van der Waals surface area (Å²) in [5, 5.41) is 17.3. The van der Waals surface area contributed by atoms with E-state index in [0.717, 1.165) is 16.7 Å². The van der Waals surface area contributed by atoms with E-state index in [1.165, 1.54) is 18.3 Å². The van der Waals surface area contributed by atoms with Gasteiger partial charge in [-0.25, -0.2) is 0 Å². The van der Waals surface area contributed by atoms with Crippen molar-refractivity contribution in [2.45, 2.75) is 38.5 Å². The highest BCUT2D eigenvalue weighted by molar-refractivity contribution is 9.10. The molecule has 2 aromatic heterocycles. The summed E-state index contributed by atoms with van der Waals surface area (Å²) < 4.78 is 5.52. The Hall–Kier alpha value is -3.02. The van der Waals surface area contributed by atoms with Crippen LogP contribution < -0.4 is 16.0 Å². The number of rotatable bonds is 7. The minimum absolute atomic E-state index is 0.124. The van der Waals surface area contributed by atoms with Crippen LogP contribution in [0.1, 0.15) is 68.7 Å². The predicted molar refractivity (Wildman–Crippen MR) is 132 cm³/mol. The van der Waals surface area contributed by atoms with Gasteiger partial charge in [0, 0.05) is 14.0 Å². The number of hydrogen-bond donors (Lipinski definition) is 4. The third-order valence-electron chi connectivity index (χ3n) is 5.52. The normalized spacial score (nSPS) is 17.0. The molecule has 3 aromatic rings. The zero-order valence-electron chi connectivity index (χ0n) is 18.6. The van der Waals surface area contributed by atoms with Gasteiger partial charge in [0.15, 0.2) is 5.82 Å². The molecule has 1 aromatic carbocycles. The van der Waals surface area contributed by atoms with Gasteiger partial charge in [-0.05, 0) is 56.9 Å². The summed E-state index contributed by atoms with van der Waals surface area (Å²) in [6, 6.07) is 9.24. The maximum atomic E-state index is 12.9. The first-order valence-electron chi connectivity index (χ1n) is 10.7. The average molecular weight is 546 g/mol. The Labute approximate surface area is 208 Å². The van der Waals surface area contributed by atoms with Gasteiger partial charge >= 0.3 is 0 Å². The molecular formula is C23H24BrN5O4S. The Bertz CT molecular complexity index is 1220. The standard InChI is InChI=1S/C23H24BrN5O4S/c1-12(30)25-21-19(24)20(28-29-21)23(32)27-17-8-7-16(14-5-3-4-6-15(14)17)26-22(31)18-9-13(10-33-2)11-34-18/h3-6,9,11,16-17H,7-8,10H2,1-2H3,(H,26,31)(H,27,32)(H2,25,28,29,30). The summed E-state index contributed by atoms with van der Waals surface area (Å²) >= 11 is 4.72. The number of aromatic amines is 1. The van der Waals surface area contributed by atoms with Gasteiger partial charge in [-0.15, -0.1) is 11.3 Å². The van der Waals surface area contributed by atoms with Crippen LogP contribution in [0.3, 0.4) is 0 Å². The summed E-state index contributed by atoms with van der Waals surface area (Å²) in [5.41, 5.74) is 3.12. The molecule has 4 N–H and O–H groups in total. The first-order valence-corrected chi connectivity index (χ1v) is 12.3. The largest absolute Gasteiger partial charge is 0.380 e. The molecule has 1 aliphatic rings. The molecule has 3 amide bonds. The molecule has 178 valence electrons. The van der Waals surface area contributed by atoms with Crippen LogP contribution in [0, 0.1) is 0 Å². The molecule has 9 nitrogen and oxygen atoms in total. The average Bonchev–Trinajstić information content (AvgIpc) is 3.42. The van der Waals surface area contributed by atoms with E-state index in [1.807, 2.05) is 35.7 Å². The fourth-order valence-electron chi connectivity index (χ4n) is 4.01. The van der Waals surface area contributed by atoms with Crippen LogP contribution in [-0.2, 0) is 16.1 Å². The van der Waals surface area contributed by atoms with Crippen LogP contribution in [0.4, 0.5) is 5.82 Å². The number of thiophene rings is 1. The molecule has 0 spiro atoms. The minimum Gasteiger partial charge on any atom is -0.380 e. The fourth-order valence-corrected chi connectivity index (χ4v) is 5.27. The Balaban J connectivity index is 1.48. The molecule has 2 heterocycles. The van der Waals surface area contributed by atoms with Crippen molar-refractivity contribution in [3.05, 3.63) is 67.4 Å². The Morgan fingerprint density at radius 2 is 1.79 bits per heavy atom. The van der Waals surface area contributed by atoms with Crippen molar-refractivity contribution < 1.29 is 19.1 Å². The van der Waals surface area contributed by atoms with E-state index >= 15 is 0 Å². The van der Waals surface area contributed by atoms with Crippen LogP contribution >= 0.6 is 27.3 Å². The van der Waals surface area contributed by atoms with Gasteiger partial charge in [0.1, 0.15) is 5.69 Å². The molecule has 11 heteroatoms. The number of carbonyl (C=O) groups is 3. The highest BCUT2D eigenvalue weighted by Gasteiger charge is 2.30. The summed E-state index contributed by atoms with van der Waals surface area (Å²) in [7, 11) is 1.62. The van der Waals surface area contributed by atoms with Crippen LogP contribution in [0.15, 0.2) is 40.2 Å². The number of methoxy groups -OCH3 is 1. The summed E-state index contributed by atoms with van der Waals surface area (Å²) in [5.74, 6) is -0.498. The van der Waals surface area contributed by atoms with Gasteiger partial charge < -0.3 is 20.7 Å². The van der Waals surface area contributed by atoms with E-state index in [4.69, 9.17) is 4.74 Å². The number of hydrogen-bond acceptors (Lipinski definition) is 6. The number of anilines is 1. The number of benzene rings is 1. The van der Waals surface area contributed by atoms with Gasteiger partial charge in [0.25, 0.3) is 11.8 Å². The first-order chi connectivity index (χ1) is 16.4. The molecule has 0 fully saturated rings. The third kappa shape index (κ3) is 5.21. The molecule has 0 saturated carbocycles. The smallest absolute Gasteiger partial charge is 0.271 e. The van der Waals surface area contributed by atoms with Crippen molar-refractivity contribution in [3.8, 4) is 0 Å². The molecule has 2 unspecified atom stereocenters. The maximum Gasteiger partial charge on any atom is 0.271 e.